The molecule has 0 aliphatic heterocycles. The van der Waals surface area contributed by atoms with Crippen LogP contribution in [-0.4, -0.2) is 33.0 Å². The monoisotopic (exact) mass is 388 g/mol. The maximum Gasteiger partial charge on any atom is 0.227 e. The van der Waals surface area contributed by atoms with E-state index in [0.717, 1.165) is 6.42 Å². The number of hydrogen-bond acceptors (Lipinski definition) is 8. The Morgan fingerprint density at radius 1 is 0.966 bits per heavy atom. The van der Waals surface area contributed by atoms with E-state index in [1.165, 1.54) is 16.3 Å². The lowest BCUT2D eigenvalue weighted by atomic mass is 9.98. The molecule has 29 heavy (non-hydrogen) atoms. The van der Waals surface area contributed by atoms with Crippen molar-refractivity contribution >= 4 is 39.5 Å². The number of fused-ring (bicyclic) bond motifs is 2. The van der Waals surface area contributed by atoms with Gasteiger partial charge in [-0.05, 0) is 36.2 Å². The van der Waals surface area contributed by atoms with Crippen LogP contribution in [0.25, 0.3) is 21.8 Å². The molecule has 8 nitrogen and oxygen atoms in total. The Morgan fingerprint density at radius 3 is 2.59 bits per heavy atom. The fourth-order valence-corrected chi connectivity index (χ4v) is 3.60. The number of aromatic nitrogens is 4. The van der Waals surface area contributed by atoms with E-state index in [2.05, 4.69) is 68.2 Å². The van der Waals surface area contributed by atoms with Crippen LogP contribution >= 0.6 is 0 Å². The van der Waals surface area contributed by atoms with Gasteiger partial charge in [-0.25, -0.2) is 4.98 Å². The molecule has 148 valence electrons. The number of hydrogen-bond donors (Lipinski definition) is 3. The van der Waals surface area contributed by atoms with Crippen molar-refractivity contribution in [3.05, 3.63) is 54.2 Å². The molecule has 1 unspecified atom stereocenters. The van der Waals surface area contributed by atoms with Crippen LogP contribution in [0.3, 0.4) is 0 Å². The highest BCUT2D eigenvalue weighted by molar-refractivity contribution is 5.87. The van der Waals surface area contributed by atoms with Gasteiger partial charge in [-0.2, -0.15) is 15.0 Å². The van der Waals surface area contributed by atoms with Gasteiger partial charge in [0.15, 0.2) is 5.65 Å². The molecule has 4 rings (SSSR count). The summed E-state index contributed by atoms with van der Waals surface area (Å²) in [5.41, 5.74) is 19.1. The minimum Gasteiger partial charge on any atom is -0.383 e. The molecule has 0 aliphatic rings. The molecule has 0 radical (unpaired) electrons. The van der Waals surface area contributed by atoms with Gasteiger partial charge in [-0.15, -0.1) is 0 Å². The van der Waals surface area contributed by atoms with E-state index in [-0.39, 0.29) is 17.8 Å². The van der Waals surface area contributed by atoms with Crippen molar-refractivity contribution in [2.45, 2.75) is 19.4 Å². The Hall–Kier alpha value is -3.52. The summed E-state index contributed by atoms with van der Waals surface area (Å²) in [6.45, 7) is 3.44. The first kappa shape index (κ1) is 18.8. The van der Waals surface area contributed by atoms with Crippen LogP contribution in [0.2, 0.25) is 0 Å². The Balaban J connectivity index is 1.80. The maximum absolute atomic E-state index is 5.94. The zero-order valence-electron chi connectivity index (χ0n) is 16.3. The summed E-state index contributed by atoms with van der Waals surface area (Å²) in [6.07, 6.45) is 2.46. The average molecular weight is 388 g/mol. The zero-order chi connectivity index (χ0) is 20.4. The van der Waals surface area contributed by atoms with Gasteiger partial charge in [-0.3, -0.25) is 0 Å². The second-order valence-corrected chi connectivity index (χ2v) is 6.95. The summed E-state index contributed by atoms with van der Waals surface area (Å²) in [5, 5.41) is 2.99. The van der Waals surface area contributed by atoms with Gasteiger partial charge in [0.1, 0.15) is 5.82 Å². The van der Waals surface area contributed by atoms with Gasteiger partial charge < -0.3 is 22.1 Å². The van der Waals surface area contributed by atoms with Gasteiger partial charge in [0, 0.05) is 12.7 Å². The number of nitrogens with zero attached hydrogens (tertiary/aromatic N) is 5. The molecule has 2 aromatic heterocycles. The quantitative estimate of drug-likeness (QED) is 0.459. The predicted octanol–water partition coefficient (Wildman–Crippen LogP) is 2.65. The predicted molar refractivity (Wildman–Crippen MR) is 117 cm³/mol. The lowest BCUT2D eigenvalue weighted by molar-refractivity contribution is 0.633. The van der Waals surface area contributed by atoms with Crippen LogP contribution in [0.15, 0.2) is 48.7 Å². The normalized spacial score (nSPS) is 12.3. The summed E-state index contributed by atoms with van der Waals surface area (Å²) >= 11 is 0. The average Bonchev–Trinajstić information content (AvgIpc) is 2.73. The van der Waals surface area contributed by atoms with Gasteiger partial charge in [0.25, 0.3) is 0 Å². The third kappa shape index (κ3) is 3.62. The highest BCUT2D eigenvalue weighted by atomic mass is 15.3. The Labute approximate surface area is 168 Å². The minimum atomic E-state index is 0.0293. The first-order valence-corrected chi connectivity index (χ1v) is 9.58. The molecule has 8 heteroatoms. The molecule has 0 spiro atoms. The Bertz CT molecular complexity index is 1150. The van der Waals surface area contributed by atoms with E-state index in [1.807, 2.05) is 6.07 Å². The minimum absolute atomic E-state index is 0.0293. The first-order chi connectivity index (χ1) is 14.1. The van der Waals surface area contributed by atoms with Crippen LogP contribution in [0.5, 0.6) is 0 Å². The molecule has 2 aromatic carbocycles. The molecule has 1 atom stereocenters. The molecule has 0 saturated carbocycles. The third-order valence-corrected chi connectivity index (χ3v) is 5.09. The number of nitrogens with two attached hydrogens (primary N) is 3. The van der Waals surface area contributed by atoms with Gasteiger partial charge >= 0.3 is 0 Å². The van der Waals surface area contributed by atoms with Crippen molar-refractivity contribution in [1.82, 2.24) is 19.9 Å². The Kier molecular flexibility index (Phi) is 5.09. The van der Waals surface area contributed by atoms with Crippen molar-refractivity contribution in [2.75, 3.05) is 29.5 Å². The van der Waals surface area contributed by atoms with Crippen molar-refractivity contribution in [2.24, 2.45) is 5.73 Å². The molecule has 0 aliphatic carbocycles. The molecule has 2 heterocycles. The van der Waals surface area contributed by atoms with Crippen LogP contribution in [-0.2, 0) is 0 Å². The van der Waals surface area contributed by atoms with Crippen LogP contribution in [0, 0.1) is 0 Å². The van der Waals surface area contributed by atoms with Crippen molar-refractivity contribution in [3.63, 3.8) is 0 Å². The Morgan fingerprint density at radius 2 is 1.76 bits per heavy atom. The molecular formula is C21H24N8. The van der Waals surface area contributed by atoms with Crippen molar-refractivity contribution in [3.8, 4) is 0 Å². The lowest BCUT2D eigenvalue weighted by Crippen LogP contribution is -2.31. The maximum atomic E-state index is 5.94. The molecule has 0 bridgehead atoms. The van der Waals surface area contributed by atoms with E-state index < -0.39 is 0 Å². The molecule has 4 aromatic rings. The van der Waals surface area contributed by atoms with Crippen LogP contribution < -0.4 is 22.1 Å². The summed E-state index contributed by atoms with van der Waals surface area (Å²) < 4.78 is 0. The number of nitrogen functional groups attached to an aromatic ring is 2. The first-order valence-electron chi connectivity index (χ1n) is 9.58. The highest BCUT2D eigenvalue weighted by Crippen LogP contribution is 2.31. The summed E-state index contributed by atoms with van der Waals surface area (Å²) in [7, 11) is 0. The zero-order valence-corrected chi connectivity index (χ0v) is 16.3. The second kappa shape index (κ2) is 7.84. The van der Waals surface area contributed by atoms with E-state index in [0.29, 0.717) is 30.1 Å². The van der Waals surface area contributed by atoms with Gasteiger partial charge in [0.05, 0.1) is 11.4 Å². The third-order valence-electron chi connectivity index (χ3n) is 5.09. The number of anilines is 3. The van der Waals surface area contributed by atoms with Crippen molar-refractivity contribution in [1.29, 1.82) is 0 Å². The number of benzene rings is 2. The fourth-order valence-electron chi connectivity index (χ4n) is 3.60. The van der Waals surface area contributed by atoms with E-state index >= 15 is 0 Å². The molecular weight excluding hydrogens is 364 g/mol. The second-order valence-electron chi connectivity index (χ2n) is 6.95. The fraction of sp³-hybridized carbons (Fsp3) is 0.238. The topological polar surface area (TPSA) is 133 Å². The van der Waals surface area contributed by atoms with Crippen molar-refractivity contribution < 1.29 is 0 Å². The smallest absolute Gasteiger partial charge is 0.227 e. The van der Waals surface area contributed by atoms with Gasteiger partial charge in [-0.1, -0.05) is 42.5 Å². The number of rotatable bonds is 6. The molecule has 0 saturated heterocycles. The van der Waals surface area contributed by atoms with Crippen LogP contribution in [0.1, 0.15) is 24.9 Å². The summed E-state index contributed by atoms with van der Waals surface area (Å²) in [4.78, 5) is 19.5. The van der Waals surface area contributed by atoms with Gasteiger partial charge in [0.2, 0.25) is 11.9 Å². The van der Waals surface area contributed by atoms with E-state index in [1.54, 1.807) is 6.20 Å². The molecule has 6 N–H and O–H groups in total. The SMILES string of the molecule is CC(c1cccc2ccccc12)N(CCCN)c1ncc2c(N)nc(N)nc2n1. The van der Waals surface area contributed by atoms with E-state index in [4.69, 9.17) is 17.2 Å². The molecule has 0 fully saturated rings. The summed E-state index contributed by atoms with van der Waals surface area (Å²) in [6, 6.07) is 14.7. The lowest BCUT2D eigenvalue weighted by Gasteiger charge is -2.30. The van der Waals surface area contributed by atoms with Crippen LogP contribution in [0.4, 0.5) is 17.7 Å². The highest BCUT2D eigenvalue weighted by Gasteiger charge is 2.21. The van der Waals surface area contributed by atoms with E-state index in [9.17, 15) is 0 Å². The largest absolute Gasteiger partial charge is 0.383 e. The standard InChI is InChI=1S/C21H24N8/c1-13(15-9-4-7-14-6-2-3-8-16(14)15)29(11-5-10-22)21-25-12-17-18(23)26-20(24)27-19(17)28-21/h2-4,6-9,12-13H,5,10-11,22H2,1H3,(H4,23,24,25,26,27,28). The summed E-state index contributed by atoms with van der Waals surface area (Å²) in [5.74, 6) is 0.925. The molecule has 0 amide bonds.